The van der Waals surface area contributed by atoms with Crippen molar-refractivity contribution in [3.63, 3.8) is 0 Å². The minimum absolute atomic E-state index is 0.400. The lowest BCUT2D eigenvalue weighted by Crippen LogP contribution is -2.27. The molecule has 0 aromatic carbocycles. The summed E-state index contributed by atoms with van der Waals surface area (Å²) in [5, 5.41) is 14.0. The maximum absolute atomic E-state index is 7.02. The summed E-state index contributed by atoms with van der Waals surface area (Å²) in [6, 6.07) is 0. The van der Waals surface area contributed by atoms with Gasteiger partial charge in [-0.25, -0.2) is 0 Å². The molecule has 0 saturated carbocycles. The van der Waals surface area contributed by atoms with Crippen LogP contribution in [0, 0.1) is 10.8 Å². The lowest BCUT2D eigenvalue weighted by Gasteiger charge is -2.13. The third-order valence-corrected chi connectivity index (χ3v) is 1.01. The molecule has 0 aliphatic heterocycles. The summed E-state index contributed by atoms with van der Waals surface area (Å²) in [4.78, 5) is 1.50. The van der Waals surface area contributed by atoms with Gasteiger partial charge in [-0.15, -0.1) is 0 Å². The third kappa shape index (κ3) is 5.28. The zero-order valence-corrected chi connectivity index (χ0v) is 7.45. The second kappa shape index (κ2) is 6.26. The van der Waals surface area contributed by atoms with E-state index >= 15 is 0 Å². The van der Waals surface area contributed by atoms with Crippen molar-refractivity contribution < 1.29 is 0 Å². The van der Waals surface area contributed by atoms with Crippen LogP contribution in [0.1, 0.15) is 27.7 Å². The van der Waals surface area contributed by atoms with E-state index in [2.05, 4.69) is 0 Å². The molecule has 0 unspecified atom stereocenters. The molecule has 0 bridgehead atoms. The molecule has 0 saturated heterocycles. The monoisotopic (exact) mass is 143 g/mol. The highest BCUT2D eigenvalue weighted by Gasteiger charge is 1.96. The number of amidine groups is 2. The van der Waals surface area contributed by atoms with Crippen LogP contribution in [0.5, 0.6) is 0 Å². The zero-order valence-electron chi connectivity index (χ0n) is 7.45. The Kier molecular flexibility index (Phi) is 7.44. The third-order valence-electron chi connectivity index (χ3n) is 1.01. The Morgan fingerprint density at radius 3 is 1.20 bits per heavy atom. The van der Waals surface area contributed by atoms with E-state index < -0.39 is 0 Å². The first kappa shape index (κ1) is 11.9. The number of hydrogen-bond acceptors (Lipinski definition) is 2. The smallest absolute Gasteiger partial charge is 0.0976 e. The maximum Gasteiger partial charge on any atom is 0.0976 e. The normalized spacial score (nSPS) is 7.30. The van der Waals surface area contributed by atoms with E-state index in [1.165, 1.54) is 4.90 Å². The minimum atomic E-state index is 0.400. The first-order valence-electron chi connectivity index (χ1n) is 3.39. The molecule has 3 heteroatoms. The van der Waals surface area contributed by atoms with Crippen LogP contribution in [0.15, 0.2) is 0 Å². The van der Waals surface area contributed by atoms with Crippen LogP contribution in [-0.2, 0) is 0 Å². The first-order chi connectivity index (χ1) is 4.55. The van der Waals surface area contributed by atoms with Crippen molar-refractivity contribution in [3.8, 4) is 0 Å². The molecular formula is C7H17N3. The fraction of sp³-hybridized carbons (Fsp3) is 0.714. The predicted octanol–water partition coefficient (Wildman–Crippen LogP) is 1.94. The summed E-state index contributed by atoms with van der Waals surface area (Å²) in [6.07, 6.45) is 0. The largest absolute Gasteiger partial charge is 0.323 e. The van der Waals surface area contributed by atoms with Gasteiger partial charge in [0.1, 0.15) is 0 Å². The molecule has 0 rings (SSSR count). The van der Waals surface area contributed by atoms with E-state index in [9.17, 15) is 0 Å². The topological polar surface area (TPSA) is 50.9 Å². The summed E-state index contributed by atoms with van der Waals surface area (Å²) >= 11 is 0. The fourth-order valence-electron chi connectivity index (χ4n) is 0.252. The van der Waals surface area contributed by atoms with Gasteiger partial charge in [-0.3, -0.25) is 10.8 Å². The quantitative estimate of drug-likeness (QED) is 0.395. The van der Waals surface area contributed by atoms with Crippen molar-refractivity contribution in [1.29, 1.82) is 10.8 Å². The average molecular weight is 143 g/mol. The van der Waals surface area contributed by atoms with E-state index in [1.807, 2.05) is 13.8 Å². The predicted molar refractivity (Wildman–Crippen MR) is 45.9 cm³/mol. The Balaban J connectivity index is 0. The maximum atomic E-state index is 7.02. The molecule has 0 aliphatic rings. The first-order valence-corrected chi connectivity index (χ1v) is 3.39. The van der Waals surface area contributed by atoms with E-state index in [0.29, 0.717) is 11.7 Å². The van der Waals surface area contributed by atoms with E-state index in [0.717, 1.165) is 0 Å². The van der Waals surface area contributed by atoms with Crippen LogP contribution in [0.3, 0.4) is 0 Å². The highest BCUT2D eigenvalue weighted by Crippen LogP contribution is 1.82. The highest BCUT2D eigenvalue weighted by molar-refractivity contribution is 5.95. The molecule has 0 heterocycles. The highest BCUT2D eigenvalue weighted by atomic mass is 15.2. The van der Waals surface area contributed by atoms with Gasteiger partial charge in [-0.2, -0.15) is 0 Å². The molecule has 60 valence electrons. The second-order valence-electron chi connectivity index (χ2n) is 1.73. The van der Waals surface area contributed by atoms with Gasteiger partial charge in [0.15, 0.2) is 0 Å². The van der Waals surface area contributed by atoms with Gasteiger partial charge in [-0.1, -0.05) is 13.8 Å². The summed E-state index contributed by atoms with van der Waals surface area (Å²) in [5.41, 5.74) is 0. The summed E-state index contributed by atoms with van der Waals surface area (Å²) < 4.78 is 0. The van der Waals surface area contributed by atoms with Crippen molar-refractivity contribution in [2.45, 2.75) is 27.7 Å². The van der Waals surface area contributed by atoms with Crippen molar-refractivity contribution in [2.24, 2.45) is 0 Å². The van der Waals surface area contributed by atoms with Gasteiger partial charge in [0, 0.05) is 7.05 Å². The fourth-order valence-corrected chi connectivity index (χ4v) is 0.252. The SMILES string of the molecule is CC.CC(=N)N(C)C(C)=N. The van der Waals surface area contributed by atoms with Gasteiger partial charge in [0.2, 0.25) is 0 Å². The summed E-state index contributed by atoms with van der Waals surface area (Å²) in [5.74, 6) is 0.801. The standard InChI is InChI=1S/C5H11N3.C2H6/c1-4(6)8(3)5(2)7;1-2/h6-7H,1-3H3;1-2H3. The Bertz CT molecular complexity index is 104. The van der Waals surface area contributed by atoms with Crippen molar-refractivity contribution in [1.82, 2.24) is 4.90 Å². The number of hydrogen-bond donors (Lipinski definition) is 2. The van der Waals surface area contributed by atoms with Gasteiger partial charge >= 0.3 is 0 Å². The Labute approximate surface area is 63.1 Å². The van der Waals surface area contributed by atoms with Crippen LogP contribution in [0.2, 0.25) is 0 Å². The van der Waals surface area contributed by atoms with Crippen molar-refractivity contribution in [2.75, 3.05) is 7.05 Å². The van der Waals surface area contributed by atoms with Crippen LogP contribution >= 0.6 is 0 Å². The van der Waals surface area contributed by atoms with E-state index in [1.54, 1.807) is 20.9 Å². The van der Waals surface area contributed by atoms with Crippen LogP contribution in [0.25, 0.3) is 0 Å². The Morgan fingerprint density at radius 2 is 1.20 bits per heavy atom. The number of nitrogens with zero attached hydrogens (tertiary/aromatic N) is 1. The molecule has 0 radical (unpaired) electrons. The van der Waals surface area contributed by atoms with E-state index in [4.69, 9.17) is 10.8 Å². The van der Waals surface area contributed by atoms with E-state index in [-0.39, 0.29) is 0 Å². The van der Waals surface area contributed by atoms with Crippen LogP contribution in [0.4, 0.5) is 0 Å². The molecule has 0 atom stereocenters. The van der Waals surface area contributed by atoms with Gasteiger partial charge < -0.3 is 4.90 Å². The molecule has 2 N–H and O–H groups in total. The van der Waals surface area contributed by atoms with Crippen LogP contribution < -0.4 is 0 Å². The zero-order chi connectivity index (χ0) is 8.73. The van der Waals surface area contributed by atoms with Crippen LogP contribution in [-0.4, -0.2) is 23.6 Å². The van der Waals surface area contributed by atoms with Gasteiger partial charge in [0.05, 0.1) is 11.7 Å². The molecule has 0 spiro atoms. The molecule has 10 heavy (non-hydrogen) atoms. The number of rotatable bonds is 0. The Morgan fingerprint density at radius 1 is 1.00 bits per heavy atom. The lowest BCUT2D eigenvalue weighted by atomic mass is 10.5. The summed E-state index contributed by atoms with van der Waals surface area (Å²) in [7, 11) is 1.70. The molecular weight excluding hydrogens is 126 g/mol. The molecule has 3 nitrogen and oxygen atoms in total. The molecule has 0 aliphatic carbocycles. The Hall–Kier alpha value is -0.860. The summed E-state index contributed by atoms with van der Waals surface area (Å²) in [6.45, 7) is 7.30. The molecule has 0 fully saturated rings. The molecule has 0 aromatic heterocycles. The van der Waals surface area contributed by atoms with Gasteiger partial charge in [-0.05, 0) is 13.8 Å². The van der Waals surface area contributed by atoms with Crippen molar-refractivity contribution in [3.05, 3.63) is 0 Å². The minimum Gasteiger partial charge on any atom is -0.323 e. The molecule has 0 aromatic rings. The number of nitrogens with one attached hydrogen (secondary N) is 2. The lowest BCUT2D eigenvalue weighted by molar-refractivity contribution is 0.728. The van der Waals surface area contributed by atoms with Gasteiger partial charge in [0.25, 0.3) is 0 Å². The molecule has 0 amide bonds. The van der Waals surface area contributed by atoms with Crippen molar-refractivity contribution >= 4 is 11.7 Å². The second-order valence-corrected chi connectivity index (χ2v) is 1.73. The average Bonchev–Trinajstić information content (AvgIpc) is 1.90.